The van der Waals surface area contributed by atoms with E-state index in [4.69, 9.17) is 10.5 Å². The summed E-state index contributed by atoms with van der Waals surface area (Å²) in [7, 11) is -3.57. The van der Waals surface area contributed by atoms with Crippen molar-refractivity contribution in [3.05, 3.63) is 11.4 Å². The van der Waals surface area contributed by atoms with E-state index < -0.39 is 10.0 Å². The van der Waals surface area contributed by atoms with Crippen molar-refractivity contribution in [3.63, 3.8) is 0 Å². The van der Waals surface area contributed by atoms with Crippen LogP contribution < -0.4 is 10.5 Å². The molecule has 0 atom stereocenters. The topological polar surface area (TPSA) is 99.2 Å². The third kappa shape index (κ3) is 5.06. The Labute approximate surface area is 126 Å². The molecule has 0 spiro atoms. The molecule has 3 N–H and O–H groups in total. The maximum absolute atomic E-state index is 12.4. The van der Waals surface area contributed by atoms with Gasteiger partial charge in [0.2, 0.25) is 10.0 Å². The molecule has 1 heterocycles. The average molecular weight is 318 g/mol. The van der Waals surface area contributed by atoms with Crippen molar-refractivity contribution >= 4 is 10.0 Å². The molecular formula is C13H26N4O3S. The molecular weight excluding hydrogens is 292 g/mol. The molecule has 122 valence electrons. The van der Waals surface area contributed by atoms with Crippen LogP contribution in [0.2, 0.25) is 0 Å². The summed E-state index contributed by atoms with van der Waals surface area (Å²) in [5.74, 6) is 0. The fraction of sp³-hybridized carbons (Fsp3) is 0.769. The van der Waals surface area contributed by atoms with E-state index in [0.29, 0.717) is 31.1 Å². The number of ether oxygens (including phenoxy) is 1. The second-order valence-corrected chi connectivity index (χ2v) is 6.89. The van der Waals surface area contributed by atoms with E-state index in [9.17, 15) is 8.42 Å². The van der Waals surface area contributed by atoms with Gasteiger partial charge in [0.05, 0.1) is 24.1 Å². The smallest absolute Gasteiger partial charge is 0.244 e. The van der Waals surface area contributed by atoms with Gasteiger partial charge in [0.1, 0.15) is 4.90 Å². The number of aromatic nitrogens is 2. The van der Waals surface area contributed by atoms with Crippen LogP contribution in [0.25, 0.3) is 0 Å². The van der Waals surface area contributed by atoms with Gasteiger partial charge < -0.3 is 10.5 Å². The maximum Gasteiger partial charge on any atom is 0.244 e. The predicted octanol–water partition coefficient (Wildman–Crippen LogP) is 0.552. The highest BCUT2D eigenvalue weighted by Crippen LogP contribution is 2.19. The summed E-state index contributed by atoms with van der Waals surface area (Å²) in [6, 6.07) is 0. The van der Waals surface area contributed by atoms with Crippen LogP contribution in [0, 0.1) is 13.8 Å². The van der Waals surface area contributed by atoms with Gasteiger partial charge in [0.15, 0.2) is 0 Å². The molecule has 7 nitrogen and oxygen atoms in total. The van der Waals surface area contributed by atoms with Gasteiger partial charge in [-0.1, -0.05) is 0 Å². The minimum Gasteiger partial charge on any atom is -0.377 e. The van der Waals surface area contributed by atoms with Crippen LogP contribution in [0.15, 0.2) is 4.90 Å². The molecule has 0 aliphatic carbocycles. The summed E-state index contributed by atoms with van der Waals surface area (Å²) in [6.07, 6.45) is 0.842. The number of sulfonamides is 1. The normalized spacial score (nSPS) is 12.3. The number of hydrogen-bond donors (Lipinski definition) is 2. The molecule has 0 unspecified atom stereocenters. The minimum absolute atomic E-state index is 0.0805. The monoisotopic (exact) mass is 318 g/mol. The van der Waals surface area contributed by atoms with Crippen molar-refractivity contribution in [2.24, 2.45) is 5.73 Å². The second kappa shape index (κ2) is 7.88. The molecule has 0 saturated carbocycles. The Kier molecular flexibility index (Phi) is 6.79. The molecule has 0 radical (unpaired) electrons. The highest BCUT2D eigenvalue weighted by Gasteiger charge is 2.24. The standard InChI is InChI=1S/C13H26N4O3S/c1-10(2)20-9-7-15-21(18,19)13-11(3)16-17(12(13)4)8-5-6-14/h10,15H,5-9,14H2,1-4H3. The highest BCUT2D eigenvalue weighted by atomic mass is 32.2. The molecule has 0 aliphatic rings. The minimum atomic E-state index is -3.57. The van der Waals surface area contributed by atoms with Crippen LogP contribution in [0.5, 0.6) is 0 Å². The summed E-state index contributed by atoms with van der Waals surface area (Å²) >= 11 is 0. The summed E-state index contributed by atoms with van der Waals surface area (Å²) < 4.78 is 34.3. The van der Waals surface area contributed by atoms with Gasteiger partial charge in [0, 0.05) is 13.1 Å². The first-order chi connectivity index (χ1) is 9.79. The molecule has 1 aromatic heterocycles. The van der Waals surface area contributed by atoms with Crippen LogP contribution in [0.3, 0.4) is 0 Å². The maximum atomic E-state index is 12.4. The van der Waals surface area contributed by atoms with Gasteiger partial charge in [-0.05, 0) is 40.7 Å². The van der Waals surface area contributed by atoms with Crippen molar-refractivity contribution < 1.29 is 13.2 Å². The lowest BCUT2D eigenvalue weighted by Gasteiger charge is -2.10. The van der Waals surface area contributed by atoms with Crippen LogP contribution in [-0.4, -0.2) is 44.0 Å². The third-order valence-electron chi connectivity index (χ3n) is 3.00. The Morgan fingerprint density at radius 1 is 1.38 bits per heavy atom. The van der Waals surface area contributed by atoms with E-state index in [1.165, 1.54) is 0 Å². The number of nitrogens with zero attached hydrogens (tertiary/aromatic N) is 2. The van der Waals surface area contributed by atoms with E-state index in [-0.39, 0.29) is 17.5 Å². The first-order valence-corrected chi connectivity index (χ1v) is 8.63. The first kappa shape index (κ1) is 18.1. The molecule has 1 rings (SSSR count). The fourth-order valence-electron chi connectivity index (χ4n) is 2.07. The Morgan fingerprint density at radius 3 is 2.62 bits per heavy atom. The van der Waals surface area contributed by atoms with Gasteiger partial charge in [-0.2, -0.15) is 5.10 Å². The van der Waals surface area contributed by atoms with E-state index in [1.54, 1.807) is 18.5 Å². The lowest BCUT2D eigenvalue weighted by molar-refractivity contribution is 0.0834. The largest absolute Gasteiger partial charge is 0.377 e. The lowest BCUT2D eigenvalue weighted by Crippen LogP contribution is -2.29. The quantitative estimate of drug-likeness (QED) is 0.648. The summed E-state index contributed by atoms with van der Waals surface area (Å²) in [6.45, 7) is 9.03. The fourth-order valence-corrected chi connectivity index (χ4v) is 3.49. The highest BCUT2D eigenvalue weighted by molar-refractivity contribution is 7.89. The van der Waals surface area contributed by atoms with E-state index in [2.05, 4.69) is 9.82 Å². The first-order valence-electron chi connectivity index (χ1n) is 7.15. The summed E-state index contributed by atoms with van der Waals surface area (Å²) in [4.78, 5) is 0.254. The van der Waals surface area contributed by atoms with E-state index in [1.807, 2.05) is 13.8 Å². The molecule has 0 bridgehead atoms. The number of nitrogens with one attached hydrogen (secondary N) is 1. The Morgan fingerprint density at radius 2 is 2.05 bits per heavy atom. The zero-order valence-corrected chi connectivity index (χ0v) is 14.0. The lowest BCUT2D eigenvalue weighted by atomic mass is 10.4. The second-order valence-electron chi connectivity index (χ2n) is 5.18. The SMILES string of the molecule is Cc1nn(CCCN)c(C)c1S(=O)(=O)NCCOC(C)C. The summed E-state index contributed by atoms with van der Waals surface area (Å²) in [5, 5.41) is 4.28. The molecule has 0 aromatic carbocycles. The van der Waals surface area contributed by atoms with Crippen LogP contribution in [-0.2, 0) is 21.3 Å². The van der Waals surface area contributed by atoms with Crippen molar-refractivity contribution in [1.82, 2.24) is 14.5 Å². The molecule has 0 amide bonds. The number of rotatable bonds is 9. The van der Waals surface area contributed by atoms with Crippen molar-refractivity contribution in [1.29, 1.82) is 0 Å². The molecule has 0 fully saturated rings. The van der Waals surface area contributed by atoms with Gasteiger partial charge >= 0.3 is 0 Å². The average Bonchev–Trinajstić information content (AvgIpc) is 2.67. The zero-order valence-electron chi connectivity index (χ0n) is 13.2. The molecule has 0 saturated heterocycles. The van der Waals surface area contributed by atoms with Crippen LogP contribution in [0.1, 0.15) is 31.7 Å². The van der Waals surface area contributed by atoms with E-state index >= 15 is 0 Å². The molecule has 21 heavy (non-hydrogen) atoms. The zero-order chi connectivity index (χ0) is 16.0. The Balaban J connectivity index is 2.80. The molecule has 0 aliphatic heterocycles. The van der Waals surface area contributed by atoms with Gasteiger partial charge in [-0.25, -0.2) is 13.1 Å². The number of nitrogens with two attached hydrogens (primary N) is 1. The number of hydrogen-bond acceptors (Lipinski definition) is 5. The van der Waals surface area contributed by atoms with Crippen molar-refractivity contribution in [2.75, 3.05) is 19.7 Å². The molecule has 1 aromatic rings. The number of aryl methyl sites for hydroxylation is 2. The van der Waals surface area contributed by atoms with Gasteiger partial charge in [-0.3, -0.25) is 4.68 Å². The predicted molar refractivity (Wildman–Crippen MR) is 81.6 cm³/mol. The Hall–Kier alpha value is -0.960. The summed E-state index contributed by atoms with van der Waals surface area (Å²) in [5.41, 5.74) is 6.62. The van der Waals surface area contributed by atoms with Crippen LogP contribution >= 0.6 is 0 Å². The molecule has 8 heteroatoms. The third-order valence-corrected chi connectivity index (χ3v) is 4.72. The van der Waals surface area contributed by atoms with E-state index in [0.717, 1.165) is 6.42 Å². The van der Waals surface area contributed by atoms with Crippen molar-refractivity contribution in [2.45, 2.75) is 51.7 Å². The van der Waals surface area contributed by atoms with Gasteiger partial charge in [0.25, 0.3) is 0 Å². The van der Waals surface area contributed by atoms with Crippen LogP contribution in [0.4, 0.5) is 0 Å². The van der Waals surface area contributed by atoms with Crippen molar-refractivity contribution in [3.8, 4) is 0 Å². The van der Waals surface area contributed by atoms with Gasteiger partial charge in [-0.15, -0.1) is 0 Å². The Bertz CT molecular complexity index is 552.